The highest BCUT2D eigenvalue weighted by molar-refractivity contribution is 8.13. The molecule has 0 fully saturated rings. The summed E-state index contributed by atoms with van der Waals surface area (Å²) in [4.78, 5) is 10.8. The Kier molecular flexibility index (Phi) is 7.04. The zero-order valence-corrected chi connectivity index (χ0v) is 10.3. The van der Waals surface area contributed by atoms with Gasteiger partial charge in [0.25, 0.3) is 0 Å². The lowest BCUT2D eigenvalue weighted by atomic mass is 10.1. The van der Waals surface area contributed by atoms with Crippen LogP contribution in [0.5, 0.6) is 0 Å². The van der Waals surface area contributed by atoms with Gasteiger partial charge in [-0.3, -0.25) is 4.79 Å². The number of rotatable bonds is 8. The lowest BCUT2D eigenvalue weighted by molar-refractivity contribution is -0.218. The molecule has 0 bridgehead atoms. The molecule has 17 heavy (non-hydrogen) atoms. The highest BCUT2D eigenvalue weighted by atomic mass is 32.2. The van der Waals surface area contributed by atoms with Gasteiger partial charge in [-0.15, -0.1) is 0 Å². The topological polar surface area (TPSA) is 17.1 Å². The Bertz CT molecular complexity index is 245. The largest absolute Gasteiger partial charge is 0.337 e. The van der Waals surface area contributed by atoms with Crippen molar-refractivity contribution in [3.05, 3.63) is 0 Å². The average Bonchev–Trinajstić information content (AvgIpc) is 2.27. The Morgan fingerprint density at radius 3 is 2.18 bits per heavy atom. The zero-order chi connectivity index (χ0) is 13.5. The normalized spacial score (nSPS) is 12.8. The minimum Gasteiger partial charge on any atom is -0.287 e. The molecule has 0 saturated heterocycles. The Morgan fingerprint density at radius 1 is 1.12 bits per heavy atom. The standard InChI is InChI=1S/C10H15F5OS/c1-2-8(16)17-6-4-3-5-9(12,13)10(14,15)7-11/h2-7H2,1H3. The molecule has 102 valence electrons. The second-order valence-corrected chi connectivity index (χ2v) is 4.73. The number of alkyl halides is 5. The van der Waals surface area contributed by atoms with Crippen LogP contribution in [0.4, 0.5) is 22.0 Å². The smallest absolute Gasteiger partial charge is 0.287 e. The number of unbranched alkanes of at least 4 members (excludes halogenated alkanes) is 1. The SMILES string of the molecule is CCC(=O)SCCCCC(F)(F)C(F)(F)CF. The molecule has 0 saturated carbocycles. The Balaban J connectivity index is 3.85. The summed E-state index contributed by atoms with van der Waals surface area (Å²) in [5, 5.41) is -0.0640. The maximum atomic E-state index is 12.8. The molecule has 0 rings (SSSR count). The van der Waals surface area contributed by atoms with E-state index in [9.17, 15) is 26.7 Å². The van der Waals surface area contributed by atoms with Gasteiger partial charge in [-0.25, -0.2) is 4.39 Å². The van der Waals surface area contributed by atoms with Gasteiger partial charge in [0.15, 0.2) is 11.8 Å². The van der Waals surface area contributed by atoms with Crippen molar-refractivity contribution < 1.29 is 26.7 Å². The summed E-state index contributed by atoms with van der Waals surface area (Å²) < 4.78 is 62.2. The third-order valence-corrected chi connectivity index (χ3v) is 3.24. The lowest BCUT2D eigenvalue weighted by Gasteiger charge is -2.23. The third kappa shape index (κ3) is 5.70. The van der Waals surface area contributed by atoms with Crippen LogP contribution in [0.15, 0.2) is 0 Å². The Hall–Kier alpha value is -0.330. The predicted molar refractivity (Wildman–Crippen MR) is 57.5 cm³/mol. The number of hydrogen-bond acceptors (Lipinski definition) is 2. The van der Waals surface area contributed by atoms with Gasteiger partial charge in [-0.2, -0.15) is 17.6 Å². The Morgan fingerprint density at radius 2 is 1.71 bits per heavy atom. The van der Waals surface area contributed by atoms with Gasteiger partial charge in [0.05, 0.1) is 0 Å². The third-order valence-electron chi connectivity index (χ3n) is 2.14. The van der Waals surface area contributed by atoms with E-state index in [-0.39, 0.29) is 18.0 Å². The highest BCUT2D eigenvalue weighted by Crippen LogP contribution is 2.38. The molecule has 0 N–H and O–H groups in total. The summed E-state index contributed by atoms with van der Waals surface area (Å²) in [6, 6.07) is 0. The Labute approximate surface area is 101 Å². The molecule has 0 aromatic rings. The van der Waals surface area contributed by atoms with E-state index in [0.717, 1.165) is 11.8 Å². The molecular weight excluding hydrogens is 263 g/mol. The molecule has 0 amide bonds. The first-order chi connectivity index (χ1) is 7.77. The fourth-order valence-electron chi connectivity index (χ4n) is 1.02. The molecule has 0 aromatic heterocycles. The van der Waals surface area contributed by atoms with Gasteiger partial charge in [-0.1, -0.05) is 18.7 Å². The maximum Gasteiger partial charge on any atom is 0.337 e. The van der Waals surface area contributed by atoms with Crippen molar-refractivity contribution in [2.45, 2.75) is 44.5 Å². The molecule has 0 atom stereocenters. The monoisotopic (exact) mass is 278 g/mol. The van der Waals surface area contributed by atoms with Crippen LogP contribution in [0.25, 0.3) is 0 Å². The van der Waals surface area contributed by atoms with E-state index < -0.39 is 24.9 Å². The molecule has 0 aromatic carbocycles. The summed E-state index contributed by atoms with van der Waals surface area (Å²) in [5.41, 5.74) is 0. The summed E-state index contributed by atoms with van der Waals surface area (Å²) in [5.74, 6) is -8.59. The number of hydrogen-bond donors (Lipinski definition) is 0. The van der Waals surface area contributed by atoms with Crippen molar-refractivity contribution in [1.29, 1.82) is 0 Å². The molecular formula is C10H15F5OS. The molecule has 1 nitrogen and oxygen atoms in total. The molecule has 0 aliphatic carbocycles. The van der Waals surface area contributed by atoms with Crippen LogP contribution in [0.3, 0.4) is 0 Å². The minimum absolute atomic E-state index is 0.0640. The van der Waals surface area contributed by atoms with Crippen LogP contribution in [-0.2, 0) is 4.79 Å². The maximum absolute atomic E-state index is 12.8. The number of halogens is 5. The second kappa shape index (κ2) is 7.18. The zero-order valence-electron chi connectivity index (χ0n) is 9.45. The van der Waals surface area contributed by atoms with Crippen molar-refractivity contribution in [2.75, 3.05) is 12.4 Å². The van der Waals surface area contributed by atoms with E-state index in [1.165, 1.54) is 0 Å². The predicted octanol–water partition coefficient (Wildman–Crippen LogP) is 4.07. The molecule has 0 unspecified atom stereocenters. The van der Waals surface area contributed by atoms with Gasteiger partial charge < -0.3 is 0 Å². The van der Waals surface area contributed by atoms with Gasteiger partial charge in [0.1, 0.15) is 0 Å². The molecule has 0 aliphatic heterocycles. The van der Waals surface area contributed by atoms with Crippen LogP contribution in [0, 0.1) is 0 Å². The van der Waals surface area contributed by atoms with Crippen molar-refractivity contribution >= 4 is 16.9 Å². The van der Waals surface area contributed by atoms with Crippen molar-refractivity contribution in [2.24, 2.45) is 0 Å². The average molecular weight is 278 g/mol. The summed E-state index contributed by atoms with van der Waals surface area (Å²) >= 11 is 0.995. The van der Waals surface area contributed by atoms with Gasteiger partial charge >= 0.3 is 11.8 Å². The van der Waals surface area contributed by atoms with Crippen LogP contribution >= 0.6 is 11.8 Å². The summed E-state index contributed by atoms with van der Waals surface area (Å²) in [6.45, 7) is -0.686. The first kappa shape index (κ1) is 16.7. The fourth-order valence-corrected chi connectivity index (χ4v) is 1.80. The molecule has 0 spiro atoms. The number of carbonyl (C=O) groups is 1. The van der Waals surface area contributed by atoms with E-state index in [4.69, 9.17) is 0 Å². The number of carbonyl (C=O) groups excluding carboxylic acids is 1. The fraction of sp³-hybridized carbons (Fsp3) is 0.900. The van der Waals surface area contributed by atoms with Crippen LogP contribution in [-0.4, -0.2) is 29.4 Å². The van der Waals surface area contributed by atoms with Crippen LogP contribution in [0.2, 0.25) is 0 Å². The van der Waals surface area contributed by atoms with Crippen LogP contribution < -0.4 is 0 Å². The van der Waals surface area contributed by atoms with Gasteiger partial charge in [0, 0.05) is 18.6 Å². The summed E-state index contributed by atoms with van der Waals surface area (Å²) in [7, 11) is 0. The van der Waals surface area contributed by atoms with E-state index in [2.05, 4.69) is 0 Å². The van der Waals surface area contributed by atoms with E-state index >= 15 is 0 Å². The van der Waals surface area contributed by atoms with Gasteiger partial charge in [-0.05, 0) is 12.8 Å². The van der Waals surface area contributed by atoms with E-state index in [1.807, 2.05) is 0 Å². The van der Waals surface area contributed by atoms with E-state index in [0.29, 0.717) is 12.2 Å². The van der Waals surface area contributed by atoms with Crippen molar-refractivity contribution in [3.8, 4) is 0 Å². The summed E-state index contributed by atoms with van der Waals surface area (Å²) in [6.07, 6.45) is -0.646. The first-order valence-corrected chi connectivity index (χ1v) is 6.22. The van der Waals surface area contributed by atoms with Gasteiger partial charge in [0.2, 0.25) is 0 Å². The minimum atomic E-state index is -4.60. The lowest BCUT2D eigenvalue weighted by Crippen LogP contribution is -2.42. The van der Waals surface area contributed by atoms with Crippen molar-refractivity contribution in [3.63, 3.8) is 0 Å². The molecule has 0 radical (unpaired) electrons. The molecule has 7 heteroatoms. The molecule has 0 heterocycles. The second-order valence-electron chi connectivity index (χ2n) is 3.57. The molecule has 0 aliphatic rings. The first-order valence-electron chi connectivity index (χ1n) is 5.24. The van der Waals surface area contributed by atoms with Crippen molar-refractivity contribution in [1.82, 2.24) is 0 Å². The van der Waals surface area contributed by atoms with Crippen LogP contribution in [0.1, 0.15) is 32.6 Å². The quantitative estimate of drug-likeness (QED) is 0.492. The van der Waals surface area contributed by atoms with E-state index in [1.54, 1.807) is 6.92 Å². The number of thioether (sulfide) groups is 1. The highest BCUT2D eigenvalue weighted by Gasteiger charge is 2.55.